The van der Waals surface area contributed by atoms with Crippen LogP contribution in [0.1, 0.15) is 44.2 Å². The van der Waals surface area contributed by atoms with Gasteiger partial charge >= 0.3 is 0 Å². The first-order valence-electron chi connectivity index (χ1n) is 11.2. The molecule has 0 amide bonds. The summed E-state index contributed by atoms with van der Waals surface area (Å²) in [4.78, 5) is 9.84. The SMILES string of the molecule is CCNC(=NCC(C1CC1)N(C)C)NCC(c1cccc(OC)c1)N1CCCC1. The molecule has 1 aliphatic heterocycles. The van der Waals surface area contributed by atoms with Crippen molar-refractivity contribution in [1.29, 1.82) is 0 Å². The van der Waals surface area contributed by atoms with Crippen molar-refractivity contribution in [2.24, 2.45) is 10.9 Å². The molecule has 6 nitrogen and oxygen atoms in total. The van der Waals surface area contributed by atoms with Crippen molar-refractivity contribution >= 4 is 5.96 Å². The van der Waals surface area contributed by atoms with Gasteiger partial charge in [-0.15, -0.1) is 0 Å². The maximum atomic E-state index is 5.47. The number of methoxy groups -OCH3 is 1. The Morgan fingerprint density at radius 1 is 1.24 bits per heavy atom. The molecule has 0 bridgehead atoms. The summed E-state index contributed by atoms with van der Waals surface area (Å²) < 4.78 is 5.47. The summed E-state index contributed by atoms with van der Waals surface area (Å²) in [6.07, 6.45) is 5.24. The number of nitrogens with zero attached hydrogens (tertiary/aromatic N) is 3. The molecule has 0 spiro atoms. The molecular formula is C23H39N5O. The number of likely N-dealkylation sites (N-methyl/N-ethyl adjacent to an activating group) is 1. The Bertz CT molecular complexity index is 650. The molecule has 2 aliphatic rings. The minimum atomic E-state index is 0.324. The molecule has 3 rings (SSSR count). The Balaban J connectivity index is 1.68. The largest absolute Gasteiger partial charge is 0.497 e. The minimum Gasteiger partial charge on any atom is -0.497 e. The molecule has 29 heavy (non-hydrogen) atoms. The second kappa shape index (κ2) is 10.8. The summed E-state index contributed by atoms with van der Waals surface area (Å²) in [5, 5.41) is 7.06. The zero-order valence-electron chi connectivity index (χ0n) is 18.7. The monoisotopic (exact) mass is 401 g/mol. The van der Waals surface area contributed by atoms with Crippen LogP contribution in [0, 0.1) is 5.92 Å². The van der Waals surface area contributed by atoms with Crippen LogP contribution in [0.5, 0.6) is 5.75 Å². The lowest BCUT2D eigenvalue weighted by Crippen LogP contribution is -2.43. The zero-order valence-corrected chi connectivity index (χ0v) is 18.7. The minimum absolute atomic E-state index is 0.324. The predicted molar refractivity (Wildman–Crippen MR) is 121 cm³/mol. The van der Waals surface area contributed by atoms with E-state index in [0.717, 1.165) is 50.4 Å². The first kappa shape index (κ1) is 21.9. The zero-order chi connectivity index (χ0) is 20.6. The second-order valence-electron chi connectivity index (χ2n) is 8.50. The molecule has 1 heterocycles. The van der Waals surface area contributed by atoms with E-state index in [1.54, 1.807) is 7.11 Å². The Morgan fingerprint density at radius 3 is 2.62 bits per heavy atom. The van der Waals surface area contributed by atoms with Gasteiger partial charge in [0, 0.05) is 19.1 Å². The summed E-state index contributed by atoms with van der Waals surface area (Å²) in [7, 11) is 6.08. The van der Waals surface area contributed by atoms with Gasteiger partial charge in [0.15, 0.2) is 5.96 Å². The number of guanidine groups is 1. The molecule has 0 aromatic heterocycles. The Labute approximate surface area is 176 Å². The number of hydrogen-bond donors (Lipinski definition) is 2. The smallest absolute Gasteiger partial charge is 0.191 e. The summed E-state index contributed by atoms with van der Waals surface area (Å²) in [6.45, 7) is 7.00. The van der Waals surface area contributed by atoms with Crippen LogP contribution in [0.25, 0.3) is 0 Å². The molecule has 2 unspecified atom stereocenters. The number of likely N-dealkylation sites (tertiary alicyclic amines) is 1. The van der Waals surface area contributed by atoms with Gasteiger partial charge in [0.25, 0.3) is 0 Å². The normalized spacial score (nSPS) is 20.0. The van der Waals surface area contributed by atoms with E-state index >= 15 is 0 Å². The third-order valence-corrected chi connectivity index (χ3v) is 6.13. The maximum absolute atomic E-state index is 5.47. The van der Waals surface area contributed by atoms with E-state index in [2.05, 4.69) is 59.7 Å². The van der Waals surface area contributed by atoms with Gasteiger partial charge in [-0.2, -0.15) is 0 Å². The van der Waals surface area contributed by atoms with Crippen molar-refractivity contribution < 1.29 is 4.74 Å². The molecule has 0 radical (unpaired) electrons. The van der Waals surface area contributed by atoms with Crippen LogP contribution in [0.3, 0.4) is 0 Å². The fourth-order valence-corrected chi connectivity index (χ4v) is 4.29. The van der Waals surface area contributed by atoms with Crippen LogP contribution in [0.2, 0.25) is 0 Å². The highest BCUT2D eigenvalue weighted by molar-refractivity contribution is 5.79. The average Bonchev–Trinajstić information content (AvgIpc) is 3.41. The number of rotatable bonds is 10. The molecule has 162 valence electrons. The Hall–Kier alpha value is -1.79. The van der Waals surface area contributed by atoms with E-state index in [4.69, 9.17) is 9.73 Å². The van der Waals surface area contributed by atoms with E-state index in [0.29, 0.717) is 12.1 Å². The number of ether oxygens (including phenoxy) is 1. The fourth-order valence-electron chi connectivity index (χ4n) is 4.29. The highest BCUT2D eigenvalue weighted by atomic mass is 16.5. The van der Waals surface area contributed by atoms with Gasteiger partial charge in [-0.3, -0.25) is 9.89 Å². The van der Waals surface area contributed by atoms with Crippen LogP contribution >= 0.6 is 0 Å². The maximum Gasteiger partial charge on any atom is 0.191 e. The summed E-state index contributed by atoms with van der Waals surface area (Å²) in [5.41, 5.74) is 1.30. The topological polar surface area (TPSA) is 52.1 Å². The molecule has 2 N–H and O–H groups in total. The van der Waals surface area contributed by atoms with Crippen LogP contribution in [-0.4, -0.2) is 75.7 Å². The van der Waals surface area contributed by atoms with Crippen molar-refractivity contribution in [1.82, 2.24) is 20.4 Å². The molecule has 2 fully saturated rings. The molecule has 1 saturated carbocycles. The summed E-state index contributed by atoms with van der Waals surface area (Å²) in [6, 6.07) is 9.36. The van der Waals surface area contributed by atoms with Crippen molar-refractivity contribution in [2.45, 2.75) is 44.7 Å². The molecular weight excluding hydrogens is 362 g/mol. The second-order valence-corrected chi connectivity index (χ2v) is 8.50. The molecule has 2 atom stereocenters. The van der Waals surface area contributed by atoms with Crippen molar-refractivity contribution in [2.75, 3.05) is 53.9 Å². The number of nitrogens with one attached hydrogen (secondary N) is 2. The van der Waals surface area contributed by atoms with E-state index in [-0.39, 0.29) is 0 Å². The lowest BCUT2D eigenvalue weighted by Gasteiger charge is -2.29. The van der Waals surface area contributed by atoms with Gasteiger partial charge in [0.1, 0.15) is 5.75 Å². The van der Waals surface area contributed by atoms with Gasteiger partial charge in [0.2, 0.25) is 0 Å². The average molecular weight is 402 g/mol. The van der Waals surface area contributed by atoms with Crippen LogP contribution in [0.4, 0.5) is 0 Å². The van der Waals surface area contributed by atoms with E-state index < -0.39 is 0 Å². The third-order valence-electron chi connectivity index (χ3n) is 6.13. The van der Waals surface area contributed by atoms with Crippen molar-refractivity contribution in [3.05, 3.63) is 29.8 Å². The van der Waals surface area contributed by atoms with Gasteiger partial charge in [-0.05, 0) is 83.4 Å². The van der Waals surface area contributed by atoms with Crippen LogP contribution in [-0.2, 0) is 0 Å². The van der Waals surface area contributed by atoms with E-state index in [1.807, 2.05) is 6.07 Å². The first-order valence-corrected chi connectivity index (χ1v) is 11.2. The molecule has 1 aromatic rings. The Kier molecular flexibility index (Phi) is 8.19. The fraction of sp³-hybridized carbons (Fsp3) is 0.696. The van der Waals surface area contributed by atoms with Gasteiger partial charge < -0.3 is 20.3 Å². The highest BCUT2D eigenvalue weighted by Gasteiger charge is 2.32. The molecule has 1 aromatic carbocycles. The lowest BCUT2D eigenvalue weighted by atomic mass is 10.1. The van der Waals surface area contributed by atoms with Crippen molar-refractivity contribution in [3.63, 3.8) is 0 Å². The Morgan fingerprint density at radius 2 is 2.00 bits per heavy atom. The van der Waals surface area contributed by atoms with Gasteiger partial charge in [-0.1, -0.05) is 12.1 Å². The number of benzene rings is 1. The lowest BCUT2D eigenvalue weighted by molar-refractivity contribution is 0.244. The predicted octanol–water partition coefficient (Wildman–Crippen LogP) is 2.73. The quantitative estimate of drug-likeness (QED) is 0.466. The van der Waals surface area contributed by atoms with E-state index in [1.165, 1.54) is 31.2 Å². The molecule has 1 aliphatic carbocycles. The number of hydrogen-bond acceptors (Lipinski definition) is 4. The summed E-state index contributed by atoms with van der Waals surface area (Å²) >= 11 is 0. The summed E-state index contributed by atoms with van der Waals surface area (Å²) in [5.74, 6) is 2.66. The van der Waals surface area contributed by atoms with Crippen LogP contribution in [0.15, 0.2) is 29.3 Å². The van der Waals surface area contributed by atoms with Gasteiger partial charge in [0.05, 0.1) is 19.7 Å². The third kappa shape index (κ3) is 6.34. The standard InChI is InChI=1S/C23H39N5O/c1-5-24-23(25-16-21(27(2)3)18-11-12-18)26-17-22(28-13-6-7-14-28)19-9-8-10-20(15-19)29-4/h8-10,15,18,21-22H,5-7,11-14,16-17H2,1-4H3,(H2,24,25,26). The van der Waals surface area contributed by atoms with Gasteiger partial charge in [-0.25, -0.2) is 0 Å². The van der Waals surface area contributed by atoms with E-state index in [9.17, 15) is 0 Å². The molecule has 6 heteroatoms. The highest BCUT2D eigenvalue weighted by Crippen LogP contribution is 2.34. The number of aliphatic imine (C=N–C) groups is 1. The van der Waals surface area contributed by atoms with Crippen LogP contribution < -0.4 is 15.4 Å². The molecule has 1 saturated heterocycles. The van der Waals surface area contributed by atoms with Crippen molar-refractivity contribution in [3.8, 4) is 5.75 Å². The first-order chi connectivity index (χ1) is 14.1.